The van der Waals surface area contributed by atoms with Gasteiger partial charge < -0.3 is 14.9 Å². The van der Waals surface area contributed by atoms with Crippen LogP contribution < -0.4 is 5.73 Å². The largest absolute Gasteiger partial charge is 0.472 e. The van der Waals surface area contributed by atoms with Crippen molar-refractivity contribution in [3.63, 3.8) is 0 Å². The zero-order valence-corrected chi connectivity index (χ0v) is 9.98. The van der Waals surface area contributed by atoms with Gasteiger partial charge >= 0.3 is 0 Å². The van der Waals surface area contributed by atoms with Crippen LogP contribution in [0.15, 0.2) is 23.0 Å². The second-order valence-corrected chi connectivity index (χ2v) is 4.56. The Morgan fingerprint density at radius 3 is 2.94 bits per heavy atom. The molecule has 0 aliphatic carbocycles. The van der Waals surface area contributed by atoms with Gasteiger partial charge in [0.05, 0.1) is 24.2 Å². The van der Waals surface area contributed by atoms with Crippen LogP contribution in [-0.4, -0.2) is 36.7 Å². The van der Waals surface area contributed by atoms with Crippen LogP contribution in [0.25, 0.3) is 0 Å². The highest BCUT2D eigenvalue weighted by atomic mass is 16.5. The van der Waals surface area contributed by atoms with Gasteiger partial charge in [-0.15, -0.1) is 0 Å². The number of nitrogens with two attached hydrogens (primary N) is 1. The Hall–Kier alpha value is -0.840. The molecule has 1 aliphatic rings. The van der Waals surface area contributed by atoms with E-state index in [1.165, 1.54) is 5.56 Å². The van der Waals surface area contributed by atoms with Gasteiger partial charge in [0.25, 0.3) is 0 Å². The van der Waals surface area contributed by atoms with E-state index in [1.807, 2.05) is 6.07 Å². The van der Waals surface area contributed by atoms with Crippen LogP contribution in [0.3, 0.4) is 0 Å². The van der Waals surface area contributed by atoms with Crippen LogP contribution in [0, 0.1) is 0 Å². The maximum Gasteiger partial charge on any atom is 0.0947 e. The van der Waals surface area contributed by atoms with Crippen LogP contribution in [0.5, 0.6) is 0 Å². The molecule has 0 radical (unpaired) electrons. The van der Waals surface area contributed by atoms with Crippen molar-refractivity contribution >= 4 is 0 Å². The minimum atomic E-state index is -0.0305. The first kappa shape index (κ1) is 11.6. The van der Waals surface area contributed by atoms with E-state index in [2.05, 4.69) is 18.9 Å². The molecule has 0 amide bonds. The molecule has 0 aromatic carbocycles. The number of rotatable bonds is 4. The molecule has 1 aliphatic heterocycles. The van der Waals surface area contributed by atoms with E-state index in [0.717, 1.165) is 19.6 Å². The Morgan fingerprint density at radius 2 is 2.44 bits per heavy atom. The molecular formula is C12H20N2O2. The third kappa shape index (κ3) is 1.88. The molecule has 90 valence electrons. The highest BCUT2D eigenvalue weighted by Crippen LogP contribution is 2.31. The van der Waals surface area contributed by atoms with Crippen molar-refractivity contribution in [2.75, 3.05) is 20.2 Å². The fourth-order valence-corrected chi connectivity index (χ4v) is 2.51. The van der Waals surface area contributed by atoms with Crippen molar-refractivity contribution in [1.82, 2.24) is 4.90 Å². The highest BCUT2D eigenvalue weighted by molar-refractivity contribution is 5.08. The molecule has 1 aromatic heterocycles. The fraction of sp³-hybridized carbons (Fsp3) is 0.667. The summed E-state index contributed by atoms with van der Waals surface area (Å²) in [5, 5.41) is 0. The van der Waals surface area contributed by atoms with Gasteiger partial charge in [0, 0.05) is 25.3 Å². The standard InChI is InChI=1S/C12H20N2O2/c1-10-12(9-13,4-6-16-10)14(2)7-11-3-5-15-8-11/h3,5,8,10H,4,6-7,9,13H2,1-2H3. The monoisotopic (exact) mass is 224 g/mol. The van der Waals surface area contributed by atoms with Gasteiger partial charge in [-0.05, 0) is 26.5 Å². The lowest BCUT2D eigenvalue weighted by Gasteiger charge is -2.40. The quantitative estimate of drug-likeness (QED) is 0.835. The van der Waals surface area contributed by atoms with Gasteiger partial charge in [-0.1, -0.05) is 0 Å². The van der Waals surface area contributed by atoms with Gasteiger partial charge in [0.2, 0.25) is 0 Å². The summed E-state index contributed by atoms with van der Waals surface area (Å²) in [5.41, 5.74) is 7.09. The van der Waals surface area contributed by atoms with Crippen molar-refractivity contribution in [3.8, 4) is 0 Å². The summed E-state index contributed by atoms with van der Waals surface area (Å²) in [6, 6.07) is 1.99. The Morgan fingerprint density at radius 1 is 1.62 bits per heavy atom. The van der Waals surface area contributed by atoms with Gasteiger partial charge in [0.1, 0.15) is 0 Å². The molecule has 16 heavy (non-hydrogen) atoms. The van der Waals surface area contributed by atoms with Crippen molar-refractivity contribution in [2.24, 2.45) is 5.73 Å². The summed E-state index contributed by atoms with van der Waals surface area (Å²) in [6.07, 6.45) is 4.67. The SMILES string of the molecule is CC1OCCC1(CN)N(C)Cc1ccoc1. The average molecular weight is 224 g/mol. The number of nitrogens with zero attached hydrogens (tertiary/aromatic N) is 1. The average Bonchev–Trinajstić information content (AvgIpc) is 2.88. The van der Waals surface area contributed by atoms with E-state index in [9.17, 15) is 0 Å². The van der Waals surface area contributed by atoms with E-state index in [1.54, 1.807) is 12.5 Å². The molecule has 4 heteroatoms. The molecule has 0 bridgehead atoms. The summed E-state index contributed by atoms with van der Waals surface area (Å²) in [4.78, 5) is 2.29. The zero-order chi connectivity index (χ0) is 11.6. The zero-order valence-electron chi connectivity index (χ0n) is 9.98. The minimum absolute atomic E-state index is 0.0305. The van der Waals surface area contributed by atoms with Crippen LogP contribution in [0.1, 0.15) is 18.9 Å². The maximum absolute atomic E-state index is 5.94. The fourth-order valence-electron chi connectivity index (χ4n) is 2.51. The molecule has 2 rings (SSSR count). The van der Waals surface area contributed by atoms with Crippen molar-refractivity contribution in [2.45, 2.75) is 31.5 Å². The summed E-state index contributed by atoms with van der Waals surface area (Å²) in [5.74, 6) is 0. The molecule has 1 aromatic rings. The summed E-state index contributed by atoms with van der Waals surface area (Å²) >= 11 is 0. The summed E-state index contributed by atoms with van der Waals surface area (Å²) < 4.78 is 10.7. The van der Waals surface area contributed by atoms with Crippen LogP contribution in [0.4, 0.5) is 0 Å². The van der Waals surface area contributed by atoms with Gasteiger partial charge in [-0.25, -0.2) is 0 Å². The van der Waals surface area contributed by atoms with Crippen LogP contribution in [0.2, 0.25) is 0 Å². The van der Waals surface area contributed by atoms with Gasteiger partial charge in [-0.2, -0.15) is 0 Å². The van der Waals surface area contributed by atoms with E-state index in [0.29, 0.717) is 6.54 Å². The molecule has 2 N–H and O–H groups in total. The third-order valence-electron chi connectivity index (χ3n) is 3.77. The van der Waals surface area contributed by atoms with Gasteiger partial charge in [-0.3, -0.25) is 4.90 Å². The first-order valence-corrected chi connectivity index (χ1v) is 5.73. The normalized spacial score (nSPS) is 30.1. The maximum atomic E-state index is 5.94. The molecule has 1 saturated heterocycles. The minimum Gasteiger partial charge on any atom is -0.472 e. The van der Waals surface area contributed by atoms with Crippen LogP contribution >= 0.6 is 0 Å². The van der Waals surface area contributed by atoms with Crippen molar-refractivity contribution in [3.05, 3.63) is 24.2 Å². The Labute approximate surface area is 96.4 Å². The number of hydrogen-bond acceptors (Lipinski definition) is 4. The number of furan rings is 1. The molecule has 0 spiro atoms. The van der Waals surface area contributed by atoms with Crippen molar-refractivity contribution in [1.29, 1.82) is 0 Å². The topological polar surface area (TPSA) is 51.6 Å². The lowest BCUT2D eigenvalue weighted by Crippen LogP contribution is -2.56. The lowest BCUT2D eigenvalue weighted by molar-refractivity contribution is 0.0244. The third-order valence-corrected chi connectivity index (χ3v) is 3.77. The molecule has 1 fully saturated rings. The molecular weight excluding hydrogens is 204 g/mol. The summed E-state index contributed by atoms with van der Waals surface area (Å²) in [7, 11) is 2.10. The smallest absolute Gasteiger partial charge is 0.0947 e. The molecule has 0 saturated carbocycles. The first-order chi connectivity index (χ1) is 7.69. The summed E-state index contributed by atoms with van der Waals surface area (Å²) in [6.45, 7) is 4.38. The van der Waals surface area contributed by atoms with E-state index in [4.69, 9.17) is 14.9 Å². The Kier molecular flexibility index (Phi) is 3.33. The first-order valence-electron chi connectivity index (χ1n) is 5.73. The molecule has 4 nitrogen and oxygen atoms in total. The Bertz CT molecular complexity index is 326. The Balaban J connectivity index is 2.09. The number of ether oxygens (including phenoxy) is 1. The highest BCUT2D eigenvalue weighted by Gasteiger charge is 2.43. The molecule has 2 atom stereocenters. The van der Waals surface area contributed by atoms with E-state index in [-0.39, 0.29) is 11.6 Å². The van der Waals surface area contributed by atoms with E-state index >= 15 is 0 Å². The van der Waals surface area contributed by atoms with Gasteiger partial charge in [0.15, 0.2) is 0 Å². The van der Waals surface area contributed by atoms with E-state index < -0.39 is 0 Å². The molecule has 2 unspecified atom stereocenters. The second-order valence-electron chi connectivity index (χ2n) is 4.56. The second kappa shape index (κ2) is 4.57. The van der Waals surface area contributed by atoms with Crippen molar-refractivity contribution < 1.29 is 9.15 Å². The predicted molar refractivity (Wildman–Crippen MR) is 62.0 cm³/mol. The molecule has 2 heterocycles. The van der Waals surface area contributed by atoms with Crippen LogP contribution in [-0.2, 0) is 11.3 Å². The number of likely N-dealkylation sites (N-methyl/N-ethyl adjacent to an activating group) is 1. The lowest BCUT2D eigenvalue weighted by atomic mass is 9.90. The predicted octanol–water partition coefficient (Wildman–Crippen LogP) is 1.22. The number of hydrogen-bond donors (Lipinski definition) is 1.